The van der Waals surface area contributed by atoms with Crippen molar-refractivity contribution in [2.24, 2.45) is 0 Å². The Labute approximate surface area is 228 Å². The van der Waals surface area contributed by atoms with Gasteiger partial charge in [-0.05, 0) is 13.8 Å². The van der Waals surface area contributed by atoms with E-state index in [4.69, 9.17) is 9.47 Å². The number of ether oxygens (including phenoxy) is 2. The molecule has 19 nitrogen and oxygen atoms in total. The first-order valence-electron chi connectivity index (χ1n) is 12.0. The molecule has 2 aliphatic rings. The maximum absolute atomic E-state index is 12.7. The molecule has 2 saturated heterocycles. The standard InChI is InChI=1S/C20H28N4O15P2/c1-8-5-23(19(30)21-16(8)27)13-3-10(25)12(37-13)7-36-41(34,35)39-40(32,33)18(29)15-11(26)4-14(38-15)24-6-9(2)17(28)22-20(24)31/h5-6,10-15,18,25-26,29H,3-4,7H2,1-2H3,(H,32,33)(H,34,35)(H,21,27,30)(H,22,28,31)/t10-,11-,12+,13+,14+,15-,18?/m0/s1. The second kappa shape index (κ2) is 11.6. The fourth-order valence-electron chi connectivity index (χ4n) is 4.33. The summed E-state index contributed by atoms with van der Waals surface area (Å²) in [5.74, 6) is -2.58. The molecule has 0 aliphatic carbocycles. The number of rotatable bonds is 9. The summed E-state index contributed by atoms with van der Waals surface area (Å²) in [5, 5.41) is 31.0. The highest BCUT2D eigenvalue weighted by atomic mass is 31.3. The molecule has 2 fully saturated rings. The summed E-state index contributed by atoms with van der Waals surface area (Å²) >= 11 is 0. The Kier molecular flexibility index (Phi) is 8.90. The van der Waals surface area contributed by atoms with Crippen molar-refractivity contribution in [3.05, 3.63) is 65.2 Å². The number of aliphatic hydroxyl groups is 3. The van der Waals surface area contributed by atoms with Gasteiger partial charge in [0.25, 0.3) is 11.1 Å². The van der Waals surface area contributed by atoms with Gasteiger partial charge in [-0.15, -0.1) is 0 Å². The van der Waals surface area contributed by atoms with Gasteiger partial charge in [-0.25, -0.2) is 18.5 Å². The van der Waals surface area contributed by atoms with Gasteiger partial charge >= 0.3 is 26.8 Å². The molecule has 9 atom stereocenters. The van der Waals surface area contributed by atoms with E-state index in [1.807, 2.05) is 4.98 Å². The van der Waals surface area contributed by atoms with Gasteiger partial charge in [0.2, 0.25) is 0 Å². The van der Waals surface area contributed by atoms with Gasteiger partial charge in [0.15, 0.2) is 5.85 Å². The number of nitrogens with zero attached hydrogens (tertiary/aromatic N) is 2. The summed E-state index contributed by atoms with van der Waals surface area (Å²) in [4.78, 5) is 71.7. The van der Waals surface area contributed by atoms with Crippen molar-refractivity contribution in [1.29, 1.82) is 0 Å². The summed E-state index contributed by atoms with van der Waals surface area (Å²) in [6.45, 7) is 1.96. The first-order valence-corrected chi connectivity index (χ1v) is 15.1. The molecule has 41 heavy (non-hydrogen) atoms. The van der Waals surface area contributed by atoms with E-state index in [1.165, 1.54) is 20.0 Å². The number of nitrogens with one attached hydrogen (secondary N) is 2. The Bertz CT molecular complexity index is 1630. The van der Waals surface area contributed by atoms with Crippen LogP contribution < -0.4 is 22.5 Å². The number of aryl methyl sites for hydroxylation is 2. The number of aliphatic hydroxyl groups excluding tert-OH is 3. The number of aromatic amines is 2. The highest BCUT2D eigenvalue weighted by Gasteiger charge is 2.51. The zero-order chi connectivity index (χ0) is 30.4. The van der Waals surface area contributed by atoms with Gasteiger partial charge in [-0.2, -0.15) is 0 Å². The molecule has 0 spiro atoms. The molecule has 0 amide bonds. The molecule has 2 aromatic heterocycles. The fourth-order valence-corrected chi connectivity index (χ4v) is 7.06. The van der Waals surface area contributed by atoms with Gasteiger partial charge in [-0.3, -0.25) is 37.8 Å². The van der Waals surface area contributed by atoms with E-state index >= 15 is 0 Å². The van der Waals surface area contributed by atoms with E-state index in [1.54, 1.807) is 0 Å². The van der Waals surface area contributed by atoms with E-state index < -0.39 is 87.2 Å². The SMILES string of the molecule is Cc1cn([C@H]2C[C@H](O)[C@@H](C(O)P(=O)(O)OP(=O)(O)OC[C@H]3O[C@@H](n4cc(C)c(=O)[nH]c4=O)C[C@@H]3O)O2)c(=O)[nH]c1=O. The smallest absolute Gasteiger partial charge is 0.390 e. The van der Waals surface area contributed by atoms with E-state index in [0.29, 0.717) is 0 Å². The maximum atomic E-state index is 12.7. The molecule has 3 unspecified atom stereocenters. The van der Waals surface area contributed by atoms with Crippen molar-refractivity contribution in [1.82, 2.24) is 19.1 Å². The third-order valence-electron chi connectivity index (χ3n) is 6.50. The van der Waals surface area contributed by atoms with Crippen LogP contribution in [0.5, 0.6) is 0 Å². The number of phosphoric acid groups is 1. The molecule has 2 aliphatic heterocycles. The lowest BCUT2D eigenvalue weighted by molar-refractivity contribution is -0.0650. The predicted molar refractivity (Wildman–Crippen MR) is 134 cm³/mol. The lowest BCUT2D eigenvalue weighted by Gasteiger charge is -2.26. The zero-order valence-corrected chi connectivity index (χ0v) is 23.2. The summed E-state index contributed by atoms with van der Waals surface area (Å²) < 4.78 is 46.8. The first-order chi connectivity index (χ1) is 19.0. The average Bonchev–Trinajstić information content (AvgIpc) is 3.43. The number of hydrogen-bond acceptors (Lipinski definition) is 13. The zero-order valence-electron chi connectivity index (χ0n) is 21.4. The molecule has 0 aromatic carbocycles. The number of hydrogen-bond donors (Lipinski definition) is 7. The van der Waals surface area contributed by atoms with Gasteiger partial charge in [0.05, 0.1) is 18.8 Å². The van der Waals surface area contributed by atoms with Crippen LogP contribution in [0.1, 0.15) is 36.4 Å². The minimum atomic E-state index is -5.49. The highest BCUT2D eigenvalue weighted by molar-refractivity contribution is 7.64. The maximum Gasteiger partial charge on any atom is 0.479 e. The summed E-state index contributed by atoms with van der Waals surface area (Å²) in [7, 11) is -10.9. The molecule has 0 radical (unpaired) electrons. The van der Waals surface area contributed by atoms with Crippen LogP contribution in [-0.2, 0) is 27.4 Å². The minimum Gasteiger partial charge on any atom is -0.390 e. The van der Waals surface area contributed by atoms with E-state index in [9.17, 15) is 53.4 Å². The van der Waals surface area contributed by atoms with E-state index in [2.05, 4.69) is 13.8 Å². The van der Waals surface area contributed by atoms with Crippen molar-refractivity contribution in [2.45, 2.75) is 69.4 Å². The monoisotopic (exact) mass is 626 g/mol. The molecular formula is C20H28N4O15P2. The summed E-state index contributed by atoms with van der Waals surface area (Å²) in [5.41, 5.74) is -2.74. The molecular weight excluding hydrogens is 598 g/mol. The second-order valence-corrected chi connectivity index (χ2v) is 13.1. The van der Waals surface area contributed by atoms with Gasteiger partial charge < -0.3 is 34.6 Å². The predicted octanol–water partition coefficient (Wildman–Crippen LogP) is -2.36. The molecule has 4 heterocycles. The van der Waals surface area contributed by atoms with E-state index in [0.717, 1.165) is 15.3 Å². The van der Waals surface area contributed by atoms with Crippen LogP contribution in [0, 0.1) is 13.8 Å². The van der Waals surface area contributed by atoms with E-state index in [-0.39, 0.29) is 24.0 Å². The molecule has 2 aromatic rings. The van der Waals surface area contributed by atoms with Crippen molar-refractivity contribution >= 4 is 15.4 Å². The van der Waals surface area contributed by atoms with Crippen molar-refractivity contribution in [3.63, 3.8) is 0 Å². The Morgan fingerprint density at radius 1 is 0.927 bits per heavy atom. The molecule has 7 N–H and O–H groups in total. The van der Waals surface area contributed by atoms with Gasteiger partial charge in [-0.1, -0.05) is 0 Å². The highest BCUT2D eigenvalue weighted by Crippen LogP contribution is 2.63. The van der Waals surface area contributed by atoms with Gasteiger partial charge in [0.1, 0.15) is 24.7 Å². The fraction of sp³-hybridized carbons (Fsp3) is 0.600. The van der Waals surface area contributed by atoms with Crippen LogP contribution in [0.25, 0.3) is 0 Å². The normalized spacial score (nSPS) is 30.1. The molecule has 21 heteroatoms. The molecule has 0 bridgehead atoms. The summed E-state index contributed by atoms with van der Waals surface area (Å²) in [6, 6.07) is 0. The van der Waals surface area contributed by atoms with Crippen LogP contribution in [0.3, 0.4) is 0 Å². The molecule has 0 saturated carbocycles. The minimum absolute atomic E-state index is 0.116. The largest absolute Gasteiger partial charge is 0.479 e. The first kappa shape index (κ1) is 31.4. The molecule has 228 valence electrons. The lowest BCUT2D eigenvalue weighted by atomic mass is 10.2. The Morgan fingerprint density at radius 3 is 1.95 bits per heavy atom. The summed E-state index contributed by atoms with van der Waals surface area (Å²) in [6.07, 6.45) is -6.74. The van der Waals surface area contributed by atoms with Crippen molar-refractivity contribution in [3.8, 4) is 0 Å². The molecule has 4 rings (SSSR count). The topological polar surface area (TPSA) is 282 Å². The van der Waals surface area contributed by atoms with Crippen LogP contribution in [0.2, 0.25) is 0 Å². The second-order valence-electron chi connectivity index (χ2n) is 9.57. The Morgan fingerprint density at radius 2 is 1.41 bits per heavy atom. The quantitative estimate of drug-likeness (QED) is 0.143. The van der Waals surface area contributed by atoms with Crippen LogP contribution in [0.15, 0.2) is 31.6 Å². The third kappa shape index (κ3) is 6.76. The van der Waals surface area contributed by atoms with Crippen LogP contribution in [0.4, 0.5) is 0 Å². The van der Waals surface area contributed by atoms with Crippen LogP contribution in [-0.4, -0.2) is 81.1 Å². The lowest BCUT2D eigenvalue weighted by Crippen LogP contribution is -2.36. The van der Waals surface area contributed by atoms with Gasteiger partial charge in [0, 0.05) is 36.4 Å². The van der Waals surface area contributed by atoms with Crippen molar-refractivity contribution < 1.29 is 52.5 Å². The van der Waals surface area contributed by atoms with Crippen molar-refractivity contribution in [2.75, 3.05) is 6.61 Å². The third-order valence-corrected chi connectivity index (χ3v) is 9.70. The Hall–Kier alpha value is -2.54. The number of aromatic nitrogens is 4. The number of H-pyrrole nitrogens is 2. The van der Waals surface area contributed by atoms with Crippen LogP contribution >= 0.6 is 15.4 Å². The number of phosphoric ester groups is 1. The Balaban J connectivity index is 1.38. The average molecular weight is 626 g/mol.